The summed E-state index contributed by atoms with van der Waals surface area (Å²) in [7, 11) is 0. The monoisotopic (exact) mass is 503 g/mol. The molecule has 0 unspecified atom stereocenters. The Hall–Kier alpha value is -3.54. The molecule has 0 aromatic heterocycles. The number of carbonyl (C=O) groups is 1. The average molecular weight is 504 g/mol. The van der Waals surface area contributed by atoms with Gasteiger partial charge in [0.15, 0.2) is 6.61 Å². The first-order valence-corrected chi connectivity index (χ1v) is 12.0. The Morgan fingerprint density at radius 2 is 1.72 bits per heavy atom. The summed E-state index contributed by atoms with van der Waals surface area (Å²) in [5.41, 5.74) is 3.62. The first-order chi connectivity index (χ1) is 17.1. The average Bonchev–Trinajstić information content (AvgIpc) is 2.90. The molecule has 4 aromatic rings. The number of ether oxygens (including phenoxy) is 2. The fraction of sp³-hybridized carbons (Fsp3) is 0.233. The second kappa shape index (κ2) is 11.5. The maximum atomic E-state index is 10.8. The van der Waals surface area contributed by atoms with E-state index < -0.39 is 5.97 Å². The molecule has 5 rings (SSSR count). The van der Waals surface area contributed by atoms with Gasteiger partial charge < -0.3 is 19.9 Å². The highest BCUT2D eigenvalue weighted by molar-refractivity contribution is 5.86. The lowest BCUT2D eigenvalue weighted by Gasteiger charge is -2.33. The van der Waals surface area contributed by atoms with Gasteiger partial charge in [-0.05, 0) is 53.4 Å². The Bertz CT molecular complexity index is 1320. The maximum Gasteiger partial charge on any atom is 0.341 e. The Labute approximate surface area is 217 Å². The number of benzene rings is 4. The molecule has 0 bridgehead atoms. The van der Waals surface area contributed by atoms with Crippen LogP contribution in [0.5, 0.6) is 11.5 Å². The number of rotatable bonds is 8. The van der Waals surface area contributed by atoms with Crippen molar-refractivity contribution in [3.63, 3.8) is 0 Å². The van der Waals surface area contributed by atoms with E-state index in [1.54, 1.807) is 0 Å². The van der Waals surface area contributed by atoms with Gasteiger partial charge in [-0.2, -0.15) is 0 Å². The summed E-state index contributed by atoms with van der Waals surface area (Å²) >= 11 is 0. The highest BCUT2D eigenvalue weighted by Gasteiger charge is 2.29. The van der Waals surface area contributed by atoms with Crippen molar-refractivity contribution in [3.05, 3.63) is 108 Å². The van der Waals surface area contributed by atoms with Crippen LogP contribution in [-0.2, 0) is 4.79 Å². The van der Waals surface area contributed by atoms with Crippen LogP contribution < -0.4 is 14.8 Å². The molecule has 0 amide bonds. The SMILES string of the molecule is C[C@@H](NC[C@@H]1C[C@H](c2ccc(OCC(=O)O)cc2)c2ccccc2O1)c1cccc2ccccc12.Cl. The van der Waals surface area contributed by atoms with E-state index in [1.165, 1.54) is 21.9 Å². The lowest BCUT2D eigenvalue weighted by molar-refractivity contribution is -0.139. The summed E-state index contributed by atoms with van der Waals surface area (Å²) in [6.07, 6.45) is 0.872. The summed E-state index contributed by atoms with van der Waals surface area (Å²) < 4.78 is 11.7. The van der Waals surface area contributed by atoms with E-state index in [0.29, 0.717) is 5.75 Å². The molecule has 1 heterocycles. The van der Waals surface area contributed by atoms with Gasteiger partial charge in [0.2, 0.25) is 0 Å². The maximum absolute atomic E-state index is 10.8. The molecule has 0 radical (unpaired) electrons. The molecule has 3 atom stereocenters. The molecule has 0 fully saturated rings. The van der Waals surface area contributed by atoms with Gasteiger partial charge in [-0.15, -0.1) is 12.4 Å². The van der Waals surface area contributed by atoms with Crippen molar-refractivity contribution in [2.24, 2.45) is 0 Å². The molecule has 186 valence electrons. The molecule has 1 aliphatic heterocycles. The quantitative estimate of drug-likeness (QED) is 0.293. The smallest absolute Gasteiger partial charge is 0.341 e. The van der Waals surface area contributed by atoms with Crippen LogP contribution in [0, 0.1) is 0 Å². The third-order valence-corrected chi connectivity index (χ3v) is 6.67. The Kier molecular flexibility index (Phi) is 8.14. The van der Waals surface area contributed by atoms with Gasteiger partial charge in [-0.25, -0.2) is 4.79 Å². The third kappa shape index (κ3) is 5.64. The van der Waals surface area contributed by atoms with E-state index in [2.05, 4.69) is 60.8 Å². The van der Waals surface area contributed by atoms with Gasteiger partial charge in [0.05, 0.1) is 0 Å². The third-order valence-electron chi connectivity index (χ3n) is 6.67. The molecule has 6 heteroatoms. The minimum Gasteiger partial charge on any atom is -0.489 e. The van der Waals surface area contributed by atoms with E-state index in [1.807, 2.05) is 42.5 Å². The predicted octanol–water partition coefficient (Wildman–Crippen LogP) is 6.36. The number of hydrogen-bond donors (Lipinski definition) is 2. The summed E-state index contributed by atoms with van der Waals surface area (Å²) in [5.74, 6) is 0.673. The van der Waals surface area contributed by atoms with Gasteiger partial charge in [-0.1, -0.05) is 72.8 Å². The first-order valence-electron chi connectivity index (χ1n) is 12.0. The second-order valence-corrected chi connectivity index (χ2v) is 9.02. The Balaban J connectivity index is 0.00000304. The largest absolute Gasteiger partial charge is 0.489 e. The van der Waals surface area contributed by atoms with Crippen LogP contribution in [-0.4, -0.2) is 30.3 Å². The van der Waals surface area contributed by atoms with Gasteiger partial charge in [-0.3, -0.25) is 0 Å². The number of carboxylic acid groups (broad SMARTS) is 1. The fourth-order valence-electron chi connectivity index (χ4n) is 4.92. The molecule has 2 N–H and O–H groups in total. The van der Waals surface area contributed by atoms with Gasteiger partial charge >= 0.3 is 5.97 Å². The zero-order chi connectivity index (χ0) is 24.2. The van der Waals surface area contributed by atoms with Crippen LogP contribution >= 0.6 is 12.4 Å². The van der Waals surface area contributed by atoms with E-state index >= 15 is 0 Å². The van der Waals surface area contributed by atoms with Gasteiger partial charge in [0.1, 0.15) is 17.6 Å². The van der Waals surface area contributed by atoms with Crippen molar-refractivity contribution in [1.82, 2.24) is 5.32 Å². The number of nitrogens with one attached hydrogen (secondary N) is 1. The predicted molar refractivity (Wildman–Crippen MR) is 145 cm³/mol. The lowest BCUT2D eigenvalue weighted by atomic mass is 9.84. The number of carboxylic acids is 1. The zero-order valence-electron chi connectivity index (χ0n) is 20.1. The van der Waals surface area contributed by atoms with Crippen LogP contribution in [0.4, 0.5) is 0 Å². The summed E-state index contributed by atoms with van der Waals surface area (Å²) in [6, 6.07) is 31.0. The van der Waals surface area contributed by atoms with E-state index in [0.717, 1.165) is 24.3 Å². The summed E-state index contributed by atoms with van der Waals surface area (Å²) in [5, 5.41) is 15.1. The summed E-state index contributed by atoms with van der Waals surface area (Å²) in [6.45, 7) is 2.59. The highest BCUT2D eigenvalue weighted by atomic mass is 35.5. The standard InChI is InChI=1S/C30H29NO4.ClH/c1-20(25-11-6-8-21-7-2-3-9-26(21)25)31-18-24-17-28(27-10-4-5-12-29(27)35-24)22-13-15-23(16-14-22)34-19-30(32)33;/h2-16,20,24,28,31H,17-19H2,1H3,(H,32,33);1H/t20-,24+,28-;/m1./s1. The molecular weight excluding hydrogens is 474 g/mol. The van der Waals surface area contributed by atoms with Crippen molar-refractivity contribution in [2.75, 3.05) is 13.2 Å². The van der Waals surface area contributed by atoms with Crippen LogP contribution in [0.25, 0.3) is 10.8 Å². The summed E-state index contributed by atoms with van der Waals surface area (Å²) in [4.78, 5) is 10.8. The first kappa shape index (κ1) is 25.5. The van der Waals surface area contributed by atoms with Crippen LogP contribution in [0.1, 0.15) is 42.0 Å². The number of halogens is 1. The Morgan fingerprint density at radius 1 is 1.00 bits per heavy atom. The second-order valence-electron chi connectivity index (χ2n) is 9.02. The number of fused-ring (bicyclic) bond motifs is 2. The highest BCUT2D eigenvalue weighted by Crippen LogP contribution is 2.40. The van der Waals surface area contributed by atoms with Crippen molar-refractivity contribution in [2.45, 2.75) is 31.4 Å². The number of aliphatic carboxylic acids is 1. The molecular formula is C30H30ClNO4. The van der Waals surface area contributed by atoms with Crippen molar-refractivity contribution in [3.8, 4) is 11.5 Å². The van der Waals surface area contributed by atoms with Crippen LogP contribution in [0.15, 0.2) is 91.0 Å². The minimum atomic E-state index is -0.986. The van der Waals surface area contributed by atoms with Crippen molar-refractivity contribution < 1.29 is 19.4 Å². The Morgan fingerprint density at radius 3 is 2.53 bits per heavy atom. The van der Waals surface area contributed by atoms with Crippen molar-refractivity contribution >= 4 is 29.1 Å². The molecule has 4 aromatic carbocycles. The lowest BCUT2D eigenvalue weighted by Crippen LogP contribution is -2.37. The van der Waals surface area contributed by atoms with Crippen LogP contribution in [0.2, 0.25) is 0 Å². The molecule has 0 spiro atoms. The van der Waals surface area contributed by atoms with E-state index in [4.69, 9.17) is 14.6 Å². The molecule has 0 aliphatic carbocycles. The molecule has 36 heavy (non-hydrogen) atoms. The molecule has 0 saturated heterocycles. The molecule has 0 saturated carbocycles. The van der Waals surface area contributed by atoms with Crippen molar-refractivity contribution in [1.29, 1.82) is 0 Å². The molecule has 1 aliphatic rings. The fourth-order valence-corrected chi connectivity index (χ4v) is 4.92. The van der Waals surface area contributed by atoms with Gasteiger partial charge in [0.25, 0.3) is 0 Å². The topological polar surface area (TPSA) is 67.8 Å². The van der Waals surface area contributed by atoms with Crippen LogP contribution in [0.3, 0.4) is 0 Å². The number of para-hydroxylation sites is 1. The van der Waals surface area contributed by atoms with E-state index in [9.17, 15) is 4.79 Å². The number of hydrogen-bond acceptors (Lipinski definition) is 4. The minimum absolute atomic E-state index is 0. The molecule has 5 nitrogen and oxygen atoms in total. The van der Waals surface area contributed by atoms with E-state index in [-0.39, 0.29) is 37.1 Å². The normalized spacial score (nSPS) is 17.4. The van der Waals surface area contributed by atoms with Gasteiger partial charge in [0, 0.05) is 24.1 Å². The zero-order valence-corrected chi connectivity index (χ0v) is 20.9.